The number of carbonyl (C=O) groups excluding carboxylic acids is 1. The fraction of sp³-hybridized carbons (Fsp3) is 0.462. The molecule has 1 aromatic carbocycles. The van der Waals surface area contributed by atoms with Gasteiger partial charge < -0.3 is 4.90 Å². The highest BCUT2D eigenvalue weighted by molar-refractivity contribution is 7.89. The Kier molecular flexibility index (Phi) is 4.54. The number of hydrogen-bond acceptors (Lipinski definition) is 3. The van der Waals surface area contributed by atoms with E-state index in [0.717, 1.165) is 0 Å². The third-order valence-corrected chi connectivity index (χ3v) is 5.62. The van der Waals surface area contributed by atoms with Gasteiger partial charge in [0.05, 0.1) is 15.6 Å². The highest BCUT2D eigenvalue weighted by Crippen LogP contribution is 2.33. The van der Waals surface area contributed by atoms with E-state index < -0.39 is 10.0 Å². The Balaban J connectivity index is 2.47. The number of nitrogens with two attached hydrogens (primary N) is 1. The third-order valence-electron chi connectivity index (χ3n) is 3.85. The van der Waals surface area contributed by atoms with Crippen LogP contribution in [0.4, 0.5) is 0 Å². The summed E-state index contributed by atoms with van der Waals surface area (Å²) >= 11 is 12.1. The summed E-state index contributed by atoms with van der Waals surface area (Å²) in [4.78, 5) is 13.9. The van der Waals surface area contributed by atoms with Gasteiger partial charge >= 0.3 is 0 Å². The molecule has 5 nitrogen and oxygen atoms in total. The number of primary sulfonamides is 1. The van der Waals surface area contributed by atoms with Crippen LogP contribution in [0, 0.1) is 11.8 Å². The second kappa shape index (κ2) is 5.76. The maximum Gasteiger partial charge on any atom is 0.256 e. The van der Waals surface area contributed by atoms with Crippen LogP contribution in [0.25, 0.3) is 0 Å². The van der Waals surface area contributed by atoms with Crippen LogP contribution in [0.15, 0.2) is 17.0 Å². The van der Waals surface area contributed by atoms with E-state index in [9.17, 15) is 13.2 Å². The van der Waals surface area contributed by atoms with Crippen molar-refractivity contribution in [3.05, 3.63) is 27.7 Å². The number of halogens is 2. The van der Waals surface area contributed by atoms with Gasteiger partial charge in [0.25, 0.3) is 5.91 Å². The molecule has 1 aliphatic heterocycles. The van der Waals surface area contributed by atoms with E-state index in [1.165, 1.54) is 12.1 Å². The Morgan fingerprint density at radius 3 is 2.24 bits per heavy atom. The van der Waals surface area contributed by atoms with Crippen molar-refractivity contribution in [3.8, 4) is 0 Å². The van der Waals surface area contributed by atoms with Crippen LogP contribution in [-0.2, 0) is 10.0 Å². The lowest BCUT2D eigenvalue weighted by Crippen LogP contribution is -2.30. The van der Waals surface area contributed by atoms with Gasteiger partial charge in [-0.3, -0.25) is 4.79 Å². The van der Waals surface area contributed by atoms with Crippen LogP contribution in [0.5, 0.6) is 0 Å². The lowest BCUT2D eigenvalue weighted by molar-refractivity contribution is 0.0785. The minimum Gasteiger partial charge on any atom is -0.338 e. The third kappa shape index (κ3) is 3.18. The number of rotatable bonds is 2. The molecule has 0 bridgehead atoms. The average Bonchev–Trinajstić information content (AvgIpc) is 2.67. The van der Waals surface area contributed by atoms with Gasteiger partial charge in [0.1, 0.15) is 4.90 Å². The van der Waals surface area contributed by atoms with Crippen LogP contribution in [-0.4, -0.2) is 32.3 Å². The maximum absolute atomic E-state index is 12.6. The molecule has 2 N–H and O–H groups in total. The van der Waals surface area contributed by atoms with Crippen molar-refractivity contribution in [1.29, 1.82) is 0 Å². The van der Waals surface area contributed by atoms with Crippen molar-refractivity contribution in [1.82, 2.24) is 4.90 Å². The second-order valence-electron chi connectivity index (χ2n) is 5.44. The standard InChI is InChI=1S/C13H16Cl2N2O3S/c1-7-5-17(6-8(7)2)13(18)11-9(14)3-4-10(12(11)15)21(16,19)20/h3-4,7-8H,5-6H2,1-2H3,(H2,16,19,20). The summed E-state index contributed by atoms with van der Waals surface area (Å²) in [6.45, 7) is 5.29. The molecular formula is C13H16Cl2N2O3S. The number of benzene rings is 1. The molecule has 8 heteroatoms. The molecule has 0 aliphatic carbocycles. The number of sulfonamides is 1. The van der Waals surface area contributed by atoms with Gasteiger partial charge in [-0.15, -0.1) is 0 Å². The molecule has 0 saturated carbocycles. The van der Waals surface area contributed by atoms with Gasteiger partial charge in [0.2, 0.25) is 10.0 Å². The summed E-state index contributed by atoms with van der Waals surface area (Å²) in [5, 5.41) is 4.99. The van der Waals surface area contributed by atoms with Crippen LogP contribution >= 0.6 is 23.2 Å². The first-order valence-electron chi connectivity index (χ1n) is 6.43. The summed E-state index contributed by atoms with van der Waals surface area (Å²) in [6, 6.07) is 2.52. The largest absolute Gasteiger partial charge is 0.338 e. The molecule has 21 heavy (non-hydrogen) atoms. The van der Waals surface area contributed by atoms with E-state index in [2.05, 4.69) is 13.8 Å². The van der Waals surface area contributed by atoms with Gasteiger partial charge in [-0.1, -0.05) is 37.0 Å². The first-order valence-corrected chi connectivity index (χ1v) is 8.73. The molecule has 2 rings (SSSR count). The lowest BCUT2D eigenvalue weighted by atomic mass is 10.0. The molecule has 2 atom stereocenters. The molecule has 1 saturated heterocycles. The molecule has 116 valence electrons. The normalized spacial score (nSPS) is 22.6. The van der Waals surface area contributed by atoms with Crippen LogP contribution < -0.4 is 5.14 Å². The van der Waals surface area contributed by atoms with Crippen molar-refractivity contribution < 1.29 is 13.2 Å². The fourth-order valence-corrected chi connectivity index (χ4v) is 3.87. The molecule has 1 fully saturated rings. The quantitative estimate of drug-likeness (QED) is 0.888. The monoisotopic (exact) mass is 350 g/mol. The van der Waals surface area contributed by atoms with Gasteiger partial charge in [0, 0.05) is 13.1 Å². The van der Waals surface area contributed by atoms with Crippen molar-refractivity contribution >= 4 is 39.1 Å². The van der Waals surface area contributed by atoms with Gasteiger partial charge in [0.15, 0.2) is 0 Å². The Morgan fingerprint density at radius 1 is 1.24 bits per heavy atom. The number of carbonyl (C=O) groups is 1. The van der Waals surface area contributed by atoms with Crippen LogP contribution in [0.1, 0.15) is 24.2 Å². The molecule has 0 spiro atoms. The molecule has 0 aromatic heterocycles. The van der Waals surface area contributed by atoms with E-state index in [0.29, 0.717) is 24.9 Å². The number of amides is 1. The van der Waals surface area contributed by atoms with Gasteiger partial charge in [-0.05, 0) is 24.0 Å². The molecule has 1 heterocycles. The highest BCUT2D eigenvalue weighted by atomic mass is 35.5. The second-order valence-corrected chi connectivity index (χ2v) is 7.76. The minimum atomic E-state index is -4.01. The van der Waals surface area contributed by atoms with E-state index in [1.54, 1.807) is 4.90 Å². The summed E-state index contributed by atoms with van der Waals surface area (Å²) in [5.41, 5.74) is -0.00819. The highest BCUT2D eigenvalue weighted by Gasteiger charge is 2.33. The summed E-state index contributed by atoms with van der Waals surface area (Å²) in [5.74, 6) is 0.368. The topological polar surface area (TPSA) is 80.5 Å². The van der Waals surface area contributed by atoms with Crippen molar-refractivity contribution in [2.75, 3.05) is 13.1 Å². The molecule has 2 unspecified atom stereocenters. The first kappa shape index (κ1) is 16.5. The average molecular weight is 351 g/mol. The lowest BCUT2D eigenvalue weighted by Gasteiger charge is -2.18. The Hall–Kier alpha value is -0.820. The Morgan fingerprint density at radius 2 is 1.76 bits per heavy atom. The van der Waals surface area contributed by atoms with Gasteiger partial charge in [-0.2, -0.15) is 0 Å². The van der Waals surface area contributed by atoms with Crippen molar-refractivity contribution in [2.24, 2.45) is 17.0 Å². The Labute approximate surface area is 134 Å². The number of likely N-dealkylation sites (tertiary alicyclic amines) is 1. The van der Waals surface area contributed by atoms with E-state index in [1.807, 2.05) is 0 Å². The molecular weight excluding hydrogens is 335 g/mol. The van der Waals surface area contributed by atoms with Crippen molar-refractivity contribution in [2.45, 2.75) is 18.7 Å². The first-order chi connectivity index (χ1) is 9.62. The van der Waals surface area contributed by atoms with E-state index >= 15 is 0 Å². The Bertz CT molecular complexity index is 681. The minimum absolute atomic E-state index is 0.00819. The predicted molar refractivity (Wildman–Crippen MR) is 82.1 cm³/mol. The van der Waals surface area contributed by atoms with Crippen molar-refractivity contribution in [3.63, 3.8) is 0 Å². The van der Waals surface area contributed by atoms with Gasteiger partial charge in [-0.25, -0.2) is 13.6 Å². The summed E-state index contributed by atoms with van der Waals surface area (Å²) < 4.78 is 23.0. The number of hydrogen-bond donors (Lipinski definition) is 1. The molecule has 1 amide bonds. The SMILES string of the molecule is CC1CN(C(=O)c2c(Cl)ccc(S(N)(=O)=O)c2Cl)CC1C. The van der Waals surface area contributed by atoms with Crippen LogP contribution in [0.2, 0.25) is 10.0 Å². The zero-order chi connectivity index (χ0) is 15.9. The molecule has 0 radical (unpaired) electrons. The molecule has 1 aliphatic rings. The maximum atomic E-state index is 12.6. The van der Waals surface area contributed by atoms with E-state index in [4.69, 9.17) is 28.3 Å². The number of nitrogens with zero attached hydrogens (tertiary/aromatic N) is 1. The van der Waals surface area contributed by atoms with Crippen LogP contribution in [0.3, 0.4) is 0 Å². The fourth-order valence-electron chi connectivity index (χ4n) is 2.40. The summed E-state index contributed by atoms with van der Waals surface area (Å²) in [6.07, 6.45) is 0. The van der Waals surface area contributed by atoms with E-state index in [-0.39, 0.29) is 26.4 Å². The molecule has 1 aromatic rings. The predicted octanol–water partition coefficient (Wildman–Crippen LogP) is 2.37. The zero-order valence-electron chi connectivity index (χ0n) is 11.6. The summed E-state index contributed by atoms with van der Waals surface area (Å²) in [7, 11) is -4.01. The zero-order valence-corrected chi connectivity index (χ0v) is 14.0. The smallest absolute Gasteiger partial charge is 0.256 e.